The Kier molecular flexibility index (Phi) is 3.56. The Morgan fingerprint density at radius 1 is 1.62 bits per heavy atom. The predicted molar refractivity (Wildman–Crippen MR) is 61.0 cm³/mol. The Bertz CT molecular complexity index is 314. The van der Waals surface area contributed by atoms with Gasteiger partial charge in [-0.2, -0.15) is 5.10 Å². The Hall–Kier alpha value is -0.940. The smallest absolute Gasteiger partial charge is 0.137 e. The van der Waals surface area contributed by atoms with Gasteiger partial charge in [0.2, 0.25) is 0 Å². The Morgan fingerprint density at radius 3 is 3.12 bits per heavy atom. The van der Waals surface area contributed by atoms with Gasteiger partial charge in [0, 0.05) is 5.54 Å². The minimum Gasteiger partial charge on any atom is -0.394 e. The molecule has 1 aliphatic carbocycles. The van der Waals surface area contributed by atoms with E-state index in [1.807, 2.05) is 4.68 Å². The molecule has 1 aromatic heterocycles. The molecule has 1 heterocycles. The lowest BCUT2D eigenvalue weighted by molar-refractivity contribution is 0.160. The summed E-state index contributed by atoms with van der Waals surface area (Å²) < 4.78 is 1.91. The third-order valence-electron chi connectivity index (χ3n) is 3.45. The summed E-state index contributed by atoms with van der Waals surface area (Å²) >= 11 is 0. The third kappa shape index (κ3) is 2.25. The average molecular weight is 224 g/mol. The molecule has 5 heteroatoms. The normalized spacial score (nSPS) is 29.8. The van der Waals surface area contributed by atoms with Crippen LogP contribution in [0.15, 0.2) is 12.7 Å². The highest BCUT2D eigenvalue weighted by Gasteiger charge is 2.39. The van der Waals surface area contributed by atoms with Crippen LogP contribution in [0.5, 0.6) is 0 Å². The van der Waals surface area contributed by atoms with Crippen molar-refractivity contribution < 1.29 is 5.11 Å². The van der Waals surface area contributed by atoms with E-state index in [9.17, 15) is 5.11 Å². The first-order chi connectivity index (χ1) is 7.79. The second-order valence-electron chi connectivity index (χ2n) is 4.64. The zero-order valence-corrected chi connectivity index (χ0v) is 9.76. The van der Waals surface area contributed by atoms with E-state index in [0.29, 0.717) is 6.04 Å². The summed E-state index contributed by atoms with van der Waals surface area (Å²) in [6, 6.07) is 0.374. The van der Waals surface area contributed by atoms with E-state index in [4.69, 9.17) is 0 Å². The van der Waals surface area contributed by atoms with Gasteiger partial charge in [0.15, 0.2) is 0 Å². The zero-order valence-electron chi connectivity index (χ0n) is 9.76. The van der Waals surface area contributed by atoms with Gasteiger partial charge in [-0.15, -0.1) is 0 Å². The first-order valence-corrected chi connectivity index (χ1v) is 6.00. The highest BCUT2D eigenvalue weighted by atomic mass is 16.3. The number of nitrogens with zero attached hydrogens (tertiary/aromatic N) is 3. The molecule has 0 aromatic carbocycles. The van der Waals surface area contributed by atoms with Crippen molar-refractivity contribution in [2.45, 2.75) is 44.2 Å². The van der Waals surface area contributed by atoms with E-state index in [2.05, 4.69) is 22.3 Å². The van der Waals surface area contributed by atoms with Gasteiger partial charge in [-0.1, -0.05) is 6.92 Å². The minimum atomic E-state index is -0.105. The third-order valence-corrected chi connectivity index (χ3v) is 3.45. The largest absolute Gasteiger partial charge is 0.394 e. The summed E-state index contributed by atoms with van der Waals surface area (Å²) in [4.78, 5) is 3.97. The number of aliphatic hydroxyl groups excluding tert-OH is 1. The molecule has 0 amide bonds. The molecule has 2 atom stereocenters. The van der Waals surface area contributed by atoms with Crippen LogP contribution in [0.25, 0.3) is 0 Å². The fraction of sp³-hybridized carbons (Fsp3) is 0.818. The first-order valence-electron chi connectivity index (χ1n) is 6.00. The number of aromatic nitrogens is 3. The molecule has 0 aliphatic heterocycles. The Labute approximate surface area is 95.9 Å². The minimum absolute atomic E-state index is 0.105. The molecule has 2 unspecified atom stereocenters. The molecule has 90 valence electrons. The van der Waals surface area contributed by atoms with Crippen LogP contribution >= 0.6 is 0 Å². The predicted octanol–water partition coefficient (Wildman–Crippen LogP) is 0.734. The van der Waals surface area contributed by atoms with Crippen molar-refractivity contribution in [1.82, 2.24) is 20.1 Å². The maximum absolute atomic E-state index is 9.55. The highest BCUT2D eigenvalue weighted by molar-refractivity contribution is 4.97. The number of hydrogen-bond donors (Lipinski definition) is 2. The molecule has 1 fully saturated rings. The van der Waals surface area contributed by atoms with Crippen LogP contribution in [-0.4, -0.2) is 38.6 Å². The van der Waals surface area contributed by atoms with Gasteiger partial charge in [-0.05, 0) is 32.2 Å². The molecular weight excluding hydrogens is 204 g/mol. The monoisotopic (exact) mass is 224 g/mol. The molecule has 1 saturated carbocycles. The molecule has 16 heavy (non-hydrogen) atoms. The van der Waals surface area contributed by atoms with Gasteiger partial charge in [0.1, 0.15) is 12.7 Å². The fourth-order valence-corrected chi connectivity index (χ4v) is 2.48. The lowest BCUT2D eigenvalue weighted by Crippen LogP contribution is -2.46. The lowest BCUT2D eigenvalue weighted by atomic mass is 9.98. The van der Waals surface area contributed by atoms with Crippen molar-refractivity contribution in [2.75, 3.05) is 13.2 Å². The molecule has 2 N–H and O–H groups in total. The summed E-state index contributed by atoms with van der Waals surface area (Å²) in [7, 11) is 0. The molecule has 1 aromatic rings. The van der Waals surface area contributed by atoms with E-state index in [1.165, 1.54) is 0 Å². The van der Waals surface area contributed by atoms with Gasteiger partial charge >= 0.3 is 0 Å². The Morgan fingerprint density at radius 2 is 2.50 bits per heavy atom. The molecule has 5 nitrogen and oxygen atoms in total. The molecule has 1 aliphatic rings. The summed E-state index contributed by atoms with van der Waals surface area (Å²) in [6.07, 6.45) is 7.42. The summed E-state index contributed by atoms with van der Waals surface area (Å²) in [6.45, 7) is 3.31. The maximum atomic E-state index is 9.55. The summed E-state index contributed by atoms with van der Waals surface area (Å²) in [5, 5.41) is 17.2. The first kappa shape index (κ1) is 11.5. The summed E-state index contributed by atoms with van der Waals surface area (Å²) in [5.41, 5.74) is -0.105. The quantitative estimate of drug-likeness (QED) is 0.774. The highest BCUT2D eigenvalue weighted by Crippen LogP contribution is 2.36. The van der Waals surface area contributed by atoms with Crippen LogP contribution in [0.3, 0.4) is 0 Å². The van der Waals surface area contributed by atoms with E-state index in [-0.39, 0.29) is 12.1 Å². The van der Waals surface area contributed by atoms with Crippen LogP contribution in [0.2, 0.25) is 0 Å². The lowest BCUT2D eigenvalue weighted by Gasteiger charge is -2.28. The topological polar surface area (TPSA) is 63.0 Å². The maximum Gasteiger partial charge on any atom is 0.137 e. The van der Waals surface area contributed by atoms with Gasteiger partial charge in [0.25, 0.3) is 0 Å². The van der Waals surface area contributed by atoms with E-state index < -0.39 is 0 Å². The zero-order chi connectivity index (χ0) is 11.4. The van der Waals surface area contributed by atoms with Crippen LogP contribution in [0, 0.1) is 0 Å². The molecule has 0 saturated heterocycles. The average Bonchev–Trinajstić information content (AvgIpc) is 2.96. The van der Waals surface area contributed by atoms with E-state index >= 15 is 0 Å². The second-order valence-corrected chi connectivity index (χ2v) is 4.64. The van der Waals surface area contributed by atoms with E-state index in [0.717, 1.165) is 32.2 Å². The van der Waals surface area contributed by atoms with Gasteiger partial charge in [-0.3, -0.25) is 0 Å². The molecule has 2 rings (SSSR count). The molecule has 0 spiro atoms. The number of hydrogen-bond acceptors (Lipinski definition) is 4. The van der Waals surface area contributed by atoms with E-state index in [1.54, 1.807) is 12.7 Å². The van der Waals surface area contributed by atoms with Crippen molar-refractivity contribution in [2.24, 2.45) is 0 Å². The Balaban J connectivity index is 1.99. The van der Waals surface area contributed by atoms with Gasteiger partial charge in [0.05, 0.1) is 12.6 Å². The summed E-state index contributed by atoms with van der Waals surface area (Å²) in [5.74, 6) is 0. The molecular formula is C11H20N4O. The van der Waals surface area contributed by atoms with Crippen molar-refractivity contribution in [1.29, 1.82) is 0 Å². The van der Waals surface area contributed by atoms with Crippen LogP contribution < -0.4 is 5.32 Å². The fourth-order valence-electron chi connectivity index (χ4n) is 2.48. The second kappa shape index (κ2) is 4.93. The molecule has 0 bridgehead atoms. The van der Waals surface area contributed by atoms with Gasteiger partial charge in [-0.25, -0.2) is 9.67 Å². The molecule has 0 radical (unpaired) electrons. The van der Waals surface area contributed by atoms with Crippen LogP contribution in [-0.2, 0) is 0 Å². The van der Waals surface area contributed by atoms with Crippen molar-refractivity contribution >= 4 is 0 Å². The number of rotatable bonds is 5. The van der Waals surface area contributed by atoms with Crippen molar-refractivity contribution in [3.8, 4) is 0 Å². The van der Waals surface area contributed by atoms with Gasteiger partial charge < -0.3 is 10.4 Å². The standard InChI is InChI=1S/C11H20N4O/c1-2-5-13-11(7-16)4-3-10(6-11)15-9-12-8-14-15/h8-10,13,16H,2-7H2,1H3. The number of nitrogens with one attached hydrogen (secondary N) is 1. The van der Waals surface area contributed by atoms with Crippen molar-refractivity contribution in [3.05, 3.63) is 12.7 Å². The van der Waals surface area contributed by atoms with Crippen LogP contribution in [0.4, 0.5) is 0 Å². The van der Waals surface area contributed by atoms with Crippen molar-refractivity contribution in [3.63, 3.8) is 0 Å². The number of aliphatic hydroxyl groups is 1. The SMILES string of the molecule is CCCNC1(CO)CCC(n2cncn2)C1. The van der Waals surface area contributed by atoms with Crippen LogP contribution in [0.1, 0.15) is 38.6 Å².